The fourth-order valence-electron chi connectivity index (χ4n) is 4.59. The van der Waals surface area contributed by atoms with Crippen molar-refractivity contribution in [3.05, 3.63) is 144 Å². The molecule has 8 heteroatoms. The zero-order valence-corrected chi connectivity index (χ0v) is 22.6. The van der Waals surface area contributed by atoms with Crippen molar-refractivity contribution in [1.82, 2.24) is 0 Å². The van der Waals surface area contributed by atoms with Gasteiger partial charge in [-0.05, 0) is 34.9 Å². The van der Waals surface area contributed by atoms with Crippen LogP contribution in [0, 0.1) is 10.1 Å². The van der Waals surface area contributed by atoms with Gasteiger partial charge in [0.15, 0.2) is 5.84 Å². The van der Waals surface area contributed by atoms with Crippen molar-refractivity contribution >= 4 is 62.3 Å². The van der Waals surface area contributed by atoms with Gasteiger partial charge in [0.2, 0.25) is 0 Å². The number of carbonyl (C=O) groups is 1. The molecule has 0 unspecified atom stereocenters. The van der Waals surface area contributed by atoms with Crippen molar-refractivity contribution in [3.63, 3.8) is 0 Å². The summed E-state index contributed by atoms with van der Waals surface area (Å²) in [4.78, 5) is 34.4. The van der Waals surface area contributed by atoms with E-state index in [1.165, 1.54) is 23.9 Å². The molecule has 1 aliphatic heterocycles. The normalized spacial score (nSPS) is 13.4. The Balaban J connectivity index is 1.87. The Hall–Kier alpha value is -4.32. The van der Waals surface area contributed by atoms with Gasteiger partial charge < -0.3 is 0 Å². The van der Waals surface area contributed by atoms with Crippen LogP contribution in [0.5, 0.6) is 0 Å². The third kappa shape index (κ3) is 5.07. The number of carbonyl (C=O) groups excluding carboxylic acids is 1. The van der Waals surface area contributed by atoms with E-state index in [4.69, 9.17) is 4.99 Å². The van der Waals surface area contributed by atoms with E-state index in [9.17, 15) is 14.9 Å². The lowest BCUT2D eigenvalue weighted by atomic mass is 10.2. The third-order valence-electron chi connectivity index (χ3n) is 6.26. The fourth-order valence-corrected chi connectivity index (χ4v) is 10.0. The molecular weight excluding hydrogens is 525 g/mol. The monoisotopic (exact) mass is 549 g/mol. The van der Waals surface area contributed by atoms with Gasteiger partial charge in [-0.15, -0.1) is 18.3 Å². The number of benzene rings is 4. The van der Waals surface area contributed by atoms with E-state index in [-0.39, 0.29) is 17.4 Å². The fraction of sp³-hybridized carbons (Fsp3) is 0.0323. The van der Waals surface area contributed by atoms with Crippen molar-refractivity contribution in [2.24, 2.45) is 9.98 Å². The first-order valence-electron chi connectivity index (χ1n) is 12.2. The smallest absolute Gasteiger partial charge is 0.267 e. The highest BCUT2D eigenvalue weighted by Gasteiger charge is 2.37. The molecule has 0 N–H and O–H groups in total. The molecule has 0 aliphatic carbocycles. The van der Waals surface area contributed by atoms with Crippen LogP contribution in [0.15, 0.2) is 138 Å². The Kier molecular flexibility index (Phi) is 7.82. The second-order valence-electron chi connectivity index (χ2n) is 8.59. The van der Waals surface area contributed by atoms with Crippen LogP contribution in [0.25, 0.3) is 0 Å². The van der Waals surface area contributed by atoms with Gasteiger partial charge in [-0.25, -0.2) is 4.99 Å². The summed E-state index contributed by atoms with van der Waals surface area (Å²) in [6.07, 6.45) is 1.78. The second-order valence-corrected chi connectivity index (χ2v) is 12.9. The molecule has 4 aromatic carbocycles. The van der Waals surface area contributed by atoms with Crippen LogP contribution in [0.3, 0.4) is 0 Å². The number of amides is 1. The van der Waals surface area contributed by atoms with Gasteiger partial charge in [0.05, 0.1) is 10.2 Å². The maximum Gasteiger partial charge on any atom is 0.282 e. The van der Waals surface area contributed by atoms with Crippen LogP contribution in [0.4, 0.5) is 5.69 Å². The predicted octanol–water partition coefficient (Wildman–Crippen LogP) is 5.37. The largest absolute Gasteiger partial charge is 0.282 e. The summed E-state index contributed by atoms with van der Waals surface area (Å²) >= 11 is 1.44. The Labute approximate surface area is 231 Å². The first-order chi connectivity index (χ1) is 19.1. The highest BCUT2D eigenvalue weighted by molar-refractivity contribution is 8.18. The quantitative estimate of drug-likeness (QED) is 0.134. The Morgan fingerprint density at radius 2 is 1.26 bits per heavy atom. The van der Waals surface area contributed by atoms with Gasteiger partial charge in [0, 0.05) is 23.4 Å². The average Bonchev–Trinajstić information content (AvgIpc) is 2.99. The molecule has 0 fully saturated rings. The molecule has 0 atom stereocenters. The molecule has 5 rings (SSSR count). The number of hydrogen-bond donors (Lipinski definition) is 0. The summed E-state index contributed by atoms with van der Waals surface area (Å²) < 4.78 is 0. The Morgan fingerprint density at radius 3 is 1.69 bits per heavy atom. The minimum Gasteiger partial charge on any atom is -0.267 e. The number of nitrogens with zero attached hydrogens (tertiary/aromatic N) is 3. The van der Waals surface area contributed by atoms with Crippen molar-refractivity contribution in [2.75, 3.05) is 5.75 Å². The summed E-state index contributed by atoms with van der Waals surface area (Å²) in [5.74, 6) is 0.411. The number of hydrogen-bond acceptors (Lipinski definition) is 5. The van der Waals surface area contributed by atoms with Gasteiger partial charge in [-0.1, -0.05) is 97.1 Å². The maximum atomic E-state index is 14.3. The van der Waals surface area contributed by atoms with Gasteiger partial charge in [0.1, 0.15) is 5.04 Å². The van der Waals surface area contributed by atoms with Gasteiger partial charge >= 0.3 is 0 Å². The summed E-state index contributed by atoms with van der Waals surface area (Å²) in [6.45, 7) is 1.14. The number of nitro groups is 1. The Morgan fingerprint density at radius 1 is 0.769 bits per heavy atom. The minimum absolute atomic E-state index is 0.0406. The summed E-state index contributed by atoms with van der Waals surface area (Å²) in [5, 5.41) is 15.3. The number of non-ortho nitro benzene ring substituents is 1. The summed E-state index contributed by atoms with van der Waals surface area (Å²) in [5.41, 5.74) is 0.494. The number of aliphatic imine (C=N–C) groups is 2. The Bertz CT molecular complexity index is 1550. The second kappa shape index (κ2) is 11.6. The van der Waals surface area contributed by atoms with Crippen LogP contribution in [0.1, 0.15) is 5.56 Å². The first kappa shape index (κ1) is 26.3. The van der Waals surface area contributed by atoms with E-state index < -0.39 is 11.8 Å². The lowest BCUT2D eigenvalue weighted by molar-refractivity contribution is -0.384. The molecule has 39 heavy (non-hydrogen) atoms. The number of thioether (sulfide) groups is 1. The molecule has 0 saturated heterocycles. The van der Waals surface area contributed by atoms with Crippen molar-refractivity contribution in [2.45, 2.75) is 0 Å². The lowest BCUT2D eigenvalue weighted by Gasteiger charge is -2.33. The first-order valence-corrected chi connectivity index (χ1v) is 15.0. The van der Waals surface area contributed by atoms with E-state index in [0.717, 1.165) is 15.9 Å². The molecule has 0 bridgehead atoms. The van der Waals surface area contributed by atoms with E-state index in [2.05, 4.69) is 48.0 Å². The average molecular weight is 550 g/mol. The summed E-state index contributed by atoms with van der Waals surface area (Å²) in [7, 11) is 0. The molecule has 1 heterocycles. The van der Waals surface area contributed by atoms with Crippen LogP contribution in [-0.2, 0) is 4.79 Å². The van der Waals surface area contributed by atoms with E-state index in [1.54, 1.807) is 18.2 Å². The summed E-state index contributed by atoms with van der Waals surface area (Å²) in [6, 6.07) is 36.2. The van der Waals surface area contributed by atoms with Crippen LogP contribution in [-0.4, -0.2) is 32.8 Å². The highest BCUT2D eigenvalue weighted by atomic mass is 32.2. The zero-order valence-electron chi connectivity index (χ0n) is 20.9. The molecule has 4 aromatic rings. The zero-order chi connectivity index (χ0) is 27.2. The van der Waals surface area contributed by atoms with Crippen molar-refractivity contribution in [3.8, 4) is 0 Å². The standard InChI is InChI=1S/C31H24N3O3PS/c1-2-22-39-31-28(30(35)32-29(33-31)23-18-20-24(21-19-23)34(36)37)38(25-12-6-3-7-13-25,26-14-8-4-9-15-26)27-16-10-5-11-17-27/h2-21H,1,22H2. The number of rotatable bonds is 7. The van der Waals surface area contributed by atoms with E-state index in [0.29, 0.717) is 21.7 Å². The molecule has 6 nitrogen and oxygen atoms in total. The van der Waals surface area contributed by atoms with Crippen LogP contribution in [0.2, 0.25) is 0 Å². The minimum atomic E-state index is -2.74. The molecule has 0 saturated carbocycles. The molecule has 0 spiro atoms. The van der Waals surface area contributed by atoms with Crippen LogP contribution >= 0.6 is 18.6 Å². The number of amidine groups is 1. The topological polar surface area (TPSA) is 84.9 Å². The van der Waals surface area contributed by atoms with E-state index >= 15 is 0 Å². The van der Waals surface area contributed by atoms with Gasteiger partial charge in [-0.3, -0.25) is 14.9 Å². The molecule has 0 aromatic heterocycles. The predicted molar refractivity (Wildman–Crippen MR) is 165 cm³/mol. The van der Waals surface area contributed by atoms with Gasteiger partial charge in [-0.2, -0.15) is 4.99 Å². The molecule has 0 radical (unpaired) electrons. The molecular formula is C31H24N3O3PS. The molecule has 1 aliphatic rings. The van der Waals surface area contributed by atoms with Crippen molar-refractivity contribution < 1.29 is 9.72 Å². The highest BCUT2D eigenvalue weighted by Crippen LogP contribution is 2.48. The SMILES string of the molecule is C=CCSC1=NC(c2ccc([N+](=O)[O-])cc2)=NC(=O)C1=P(c1ccccc1)(c1ccccc1)c1ccccc1. The maximum absolute atomic E-state index is 14.3. The lowest BCUT2D eigenvalue weighted by Crippen LogP contribution is -2.38. The third-order valence-corrected chi connectivity index (χ3v) is 11.7. The molecule has 1 amide bonds. The van der Waals surface area contributed by atoms with Gasteiger partial charge in [0.25, 0.3) is 11.6 Å². The molecule has 192 valence electrons. The van der Waals surface area contributed by atoms with Crippen LogP contribution < -0.4 is 15.9 Å². The van der Waals surface area contributed by atoms with Crippen molar-refractivity contribution in [1.29, 1.82) is 0 Å². The van der Waals surface area contributed by atoms with E-state index in [1.807, 2.05) is 54.6 Å². The number of nitro benzene ring substituents is 1.